The van der Waals surface area contributed by atoms with E-state index in [-0.39, 0.29) is 0 Å². The molecule has 2 rings (SSSR count). The van der Waals surface area contributed by atoms with Gasteiger partial charge in [0, 0.05) is 13.2 Å². The van der Waals surface area contributed by atoms with Crippen LogP contribution in [0.15, 0.2) is 19.0 Å². The molecule has 12 heavy (non-hydrogen) atoms. The molecular weight excluding hydrogens is 152 g/mol. The van der Waals surface area contributed by atoms with Crippen LogP contribution in [0.25, 0.3) is 17.1 Å². The number of aryl methyl sites for hydroxylation is 1. The van der Waals surface area contributed by atoms with Gasteiger partial charge in [-0.2, -0.15) is 5.10 Å². The topological polar surface area (TPSA) is 43.6 Å². The molecule has 0 fully saturated rings. The van der Waals surface area contributed by atoms with E-state index < -0.39 is 0 Å². The van der Waals surface area contributed by atoms with Crippen LogP contribution in [-0.2, 0) is 7.05 Å². The van der Waals surface area contributed by atoms with Crippen LogP contribution in [-0.4, -0.2) is 19.7 Å². The molecule has 0 aromatic carbocycles. The van der Waals surface area contributed by atoms with Crippen molar-refractivity contribution in [2.45, 2.75) is 0 Å². The second kappa shape index (κ2) is 2.41. The third-order valence-electron chi connectivity index (χ3n) is 1.67. The maximum atomic E-state index is 4.22. The molecule has 2 heterocycles. The molecule has 0 spiro atoms. The Labute approximate surface area is 69.6 Å². The molecule has 0 unspecified atom stereocenters. The quantitative estimate of drug-likeness (QED) is 0.625. The highest BCUT2D eigenvalue weighted by atomic mass is 15.3. The van der Waals surface area contributed by atoms with E-state index in [1.165, 1.54) is 0 Å². The molecule has 0 amide bonds. The summed E-state index contributed by atoms with van der Waals surface area (Å²) in [7, 11) is 1.85. The van der Waals surface area contributed by atoms with E-state index in [4.69, 9.17) is 0 Å². The number of nitrogens with zero attached hydrogens (tertiary/aromatic N) is 4. The fourth-order valence-corrected chi connectivity index (χ4v) is 1.05. The molecule has 0 aliphatic carbocycles. The van der Waals surface area contributed by atoms with Crippen LogP contribution >= 0.6 is 0 Å². The zero-order valence-electron chi connectivity index (χ0n) is 6.73. The van der Waals surface area contributed by atoms with Crippen molar-refractivity contribution in [3.05, 3.63) is 24.8 Å². The van der Waals surface area contributed by atoms with E-state index in [0.29, 0.717) is 5.82 Å². The van der Waals surface area contributed by atoms with Gasteiger partial charge in [-0.15, -0.1) is 0 Å². The molecule has 4 nitrogen and oxygen atoms in total. The van der Waals surface area contributed by atoms with Crippen molar-refractivity contribution in [1.82, 2.24) is 19.7 Å². The molecule has 2 aromatic heterocycles. The summed E-state index contributed by atoms with van der Waals surface area (Å²) in [6.07, 6.45) is 5.10. The zero-order chi connectivity index (χ0) is 8.55. The minimum Gasteiger partial charge on any atom is -0.250 e. The number of aromatic nitrogens is 4. The predicted octanol–water partition coefficient (Wildman–Crippen LogP) is 1.01. The van der Waals surface area contributed by atoms with Gasteiger partial charge in [0.1, 0.15) is 0 Å². The van der Waals surface area contributed by atoms with Crippen molar-refractivity contribution in [1.29, 1.82) is 0 Å². The average Bonchev–Trinajstić information content (AvgIpc) is 2.47. The second-order valence-electron chi connectivity index (χ2n) is 2.48. The van der Waals surface area contributed by atoms with Gasteiger partial charge in [0.15, 0.2) is 11.5 Å². The van der Waals surface area contributed by atoms with Gasteiger partial charge in [0.2, 0.25) is 0 Å². The summed E-state index contributed by atoms with van der Waals surface area (Å²) in [5.41, 5.74) is 0.833. The summed E-state index contributed by atoms with van der Waals surface area (Å²) in [6, 6.07) is 0. The number of hydrogen-bond acceptors (Lipinski definition) is 3. The molecule has 0 aliphatic heterocycles. The van der Waals surface area contributed by atoms with Crippen LogP contribution in [0.4, 0.5) is 0 Å². The minimum atomic E-state index is 0.631. The third kappa shape index (κ3) is 0.887. The van der Waals surface area contributed by atoms with E-state index in [1.807, 2.05) is 7.05 Å². The van der Waals surface area contributed by atoms with E-state index >= 15 is 0 Å². The van der Waals surface area contributed by atoms with Crippen molar-refractivity contribution in [2.75, 3.05) is 0 Å². The van der Waals surface area contributed by atoms with Crippen LogP contribution in [0.3, 0.4) is 0 Å². The van der Waals surface area contributed by atoms with Crippen molar-refractivity contribution in [2.24, 2.45) is 7.05 Å². The van der Waals surface area contributed by atoms with E-state index in [2.05, 4.69) is 21.6 Å². The molecule has 0 radical (unpaired) electrons. The van der Waals surface area contributed by atoms with Crippen LogP contribution in [0.5, 0.6) is 0 Å². The molecule has 4 heteroatoms. The molecule has 0 aliphatic rings. The smallest absolute Gasteiger partial charge is 0.161 e. The summed E-state index contributed by atoms with van der Waals surface area (Å²) in [4.78, 5) is 8.28. The van der Waals surface area contributed by atoms with Crippen LogP contribution in [0.2, 0.25) is 0 Å². The van der Waals surface area contributed by atoms with Gasteiger partial charge in [0.05, 0.1) is 11.6 Å². The van der Waals surface area contributed by atoms with Crippen LogP contribution in [0, 0.1) is 0 Å². The van der Waals surface area contributed by atoms with Crippen molar-refractivity contribution < 1.29 is 0 Å². The lowest BCUT2D eigenvalue weighted by Crippen LogP contribution is -1.94. The maximum Gasteiger partial charge on any atom is 0.161 e. The third-order valence-corrected chi connectivity index (χ3v) is 1.67. The summed E-state index contributed by atoms with van der Waals surface area (Å²) in [5, 5.41) is 5.00. The van der Waals surface area contributed by atoms with E-state index in [9.17, 15) is 0 Å². The Kier molecular flexibility index (Phi) is 1.40. The van der Waals surface area contributed by atoms with E-state index in [0.717, 1.165) is 11.0 Å². The zero-order valence-corrected chi connectivity index (χ0v) is 6.73. The molecular formula is C8H8N4. The number of hydrogen-bond donors (Lipinski definition) is 0. The van der Waals surface area contributed by atoms with Gasteiger partial charge in [-0.3, -0.25) is 4.68 Å². The minimum absolute atomic E-state index is 0.631. The monoisotopic (exact) mass is 160 g/mol. The Bertz CT molecular complexity index is 430. The Morgan fingerprint density at radius 3 is 3.08 bits per heavy atom. The molecule has 0 N–H and O–H groups in total. The van der Waals surface area contributed by atoms with Crippen molar-refractivity contribution >= 4 is 17.1 Å². The van der Waals surface area contributed by atoms with Crippen LogP contribution < -0.4 is 0 Å². The average molecular weight is 160 g/mol. The highest BCUT2D eigenvalue weighted by Crippen LogP contribution is 2.08. The predicted molar refractivity (Wildman–Crippen MR) is 46.4 cm³/mol. The lowest BCUT2D eigenvalue weighted by atomic mass is 10.4. The Balaban J connectivity index is 2.79. The first-order valence-electron chi connectivity index (χ1n) is 3.58. The first-order chi connectivity index (χ1) is 5.81. The summed E-state index contributed by atoms with van der Waals surface area (Å²) in [5.74, 6) is 0.631. The second-order valence-corrected chi connectivity index (χ2v) is 2.48. The van der Waals surface area contributed by atoms with Gasteiger partial charge in [0.25, 0.3) is 0 Å². The summed E-state index contributed by atoms with van der Waals surface area (Å²) in [6.45, 7) is 3.60. The van der Waals surface area contributed by atoms with Gasteiger partial charge in [-0.1, -0.05) is 6.58 Å². The Hall–Kier alpha value is -1.71. The van der Waals surface area contributed by atoms with Gasteiger partial charge < -0.3 is 0 Å². The largest absolute Gasteiger partial charge is 0.250 e. The van der Waals surface area contributed by atoms with Gasteiger partial charge in [-0.05, 0) is 6.08 Å². The van der Waals surface area contributed by atoms with E-state index in [1.54, 1.807) is 23.2 Å². The standard InChI is InChI=1S/C8H8N4/c1-3-7-9-4-6-5-10-12(2)8(6)11-7/h3-5H,1H2,2H3. The van der Waals surface area contributed by atoms with Crippen molar-refractivity contribution in [3.8, 4) is 0 Å². The SMILES string of the molecule is C=Cc1ncc2cnn(C)c2n1. The molecule has 0 atom stereocenters. The first-order valence-corrected chi connectivity index (χ1v) is 3.58. The molecule has 60 valence electrons. The van der Waals surface area contributed by atoms with Crippen LogP contribution in [0.1, 0.15) is 5.82 Å². The fourth-order valence-electron chi connectivity index (χ4n) is 1.05. The van der Waals surface area contributed by atoms with Crippen molar-refractivity contribution in [3.63, 3.8) is 0 Å². The fraction of sp³-hybridized carbons (Fsp3) is 0.125. The highest BCUT2D eigenvalue weighted by Gasteiger charge is 2.00. The molecule has 0 saturated carbocycles. The maximum absolute atomic E-state index is 4.22. The lowest BCUT2D eigenvalue weighted by molar-refractivity contribution is 0.784. The summed E-state index contributed by atoms with van der Waals surface area (Å²) < 4.78 is 1.71. The Morgan fingerprint density at radius 1 is 1.50 bits per heavy atom. The molecule has 2 aromatic rings. The molecule has 0 saturated heterocycles. The van der Waals surface area contributed by atoms with Gasteiger partial charge in [-0.25, -0.2) is 9.97 Å². The number of fused-ring (bicyclic) bond motifs is 1. The summed E-state index contributed by atoms with van der Waals surface area (Å²) >= 11 is 0. The van der Waals surface area contributed by atoms with Gasteiger partial charge >= 0.3 is 0 Å². The Morgan fingerprint density at radius 2 is 2.33 bits per heavy atom. The normalized spacial score (nSPS) is 10.4. The lowest BCUT2D eigenvalue weighted by Gasteiger charge is -1.93. The molecule has 0 bridgehead atoms. The number of rotatable bonds is 1. The first kappa shape index (κ1) is 6.97. The highest BCUT2D eigenvalue weighted by molar-refractivity contribution is 5.73.